The van der Waals surface area contributed by atoms with Crippen LogP contribution in [0.2, 0.25) is 0 Å². The molecule has 1 aliphatic rings. The van der Waals surface area contributed by atoms with Crippen LogP contribution in [0.4, 0.5) is 0 Å². The average molecular weight is 274 g/mol. The van der Waals surface area contributed by atoms with Crippen molar-refractivity contribution in [2.45, 2.75) is 45.8 Å². The SMILES string of the molecule is CCOCCCNC(=S)NC1CC(OC)C1(C)C. The molecular weight excluding hydrogens is 248 g/mol. The molecule has 2 N–H and O–H groups in total. The van der Waals surface area contributed by atoms with Gasteiger partial charge in [0.15, 0.2) is 5.11 Å². The first-order valence-electron chi connectivity index (χ1n) is 6.67. The third-order valence-electron chi connectivity index (χ3n) is 3.72. The van der Waals surface area contributed by atoms with Gasteiger partial charge in [0.1, 0.15) is 0 Å². The van der Waals surface area contributed by atoms with Gasteiger partial charge in [-0.2, -0.15) is 0 Å². The zero-order valence-electron chi connectivity index (χ0n) is 11.9. The van der Waals surface area contributed by atoms with Gasteiger partial charge in [0.2, 0.25) is 0 Å². The van der Waals surface area contributed by atoms with Crippen LogP contribution in [0, 0.1) is 5.41 Å². The van der Waals surface area contributed by atoms with Crippen LogP contribution in [-0.2, 0) is 9.47 Å². The van der Waals surface area contributed by atoms with Crippen molar-refractivity contribution in [3.63, 3.8) is 0 Å². The van der Waals surface area contributed by atoms with Crippen LogP contribution < -0.4 is 10.6 Å². The minimum atomic E-state index is 0.145. The lowest BCUT2D eigenvalue weighted by Gasteiger charge is -2.51. The molecule has 0 radical (unpaired) electrons. The summed E-state index contributed by atoms with van der Waals surface area (Å²) < 4.78 is 10.7. The van der Waals surface area contributed by atoms with Crippen LogP contribution in [0.5, 0.6) is 0 Å². The molecule has 4 nitrogen and oxygen atoms in total. The molecule has 0 aromatic rings. The summed E-state index contributed by atoms with van der Waals surface area (Å²) in [5.74, 6) is 0. The fourth-order valence-electron chi connectivity index (χ4n) is 2.26. The summed E-state index contributed by atoms with van der Waals surface area (Å²) in [5, 5.41) is 7.31. The van der Waals surface area contributed by atoms with Crippen molar-refractivity contribution in [1.29, 1.82) is 0 Å². The summed E-state index contributed by atoms with van der Waals surface area (Å²) in [6.07, 6.45) is 2.32. The van der Waals surface area contributed by atoms with Gasteiger partial charge in [-0.25, -0.2) is 0 Å². The molecule has 0 heterocycles. The maximum Gasteiger partial charge on any atom is 0.166 e. The van der Waals surface area contributed by atoms with Crippen LogP contribution in [-0.4, -0.2) is 44.1 Å². The molecule has 1 saturated carbocycles. The van der Waals surface area contributed by atoms with E-state index in [9.17, 15) is 0 Å². The summed E-state index contributed by atoms with van der Waals surface area (Å²) in [6.45, 7) is 8.83. The lowest BCUT2D eigenvalue weighted by atomic mass is 9.64. The van der Waals surface area contributed by atoms with Gasteiger partial charge in [-0.1, -0.05) is 13.8 Å². The molecule has 0 saturated heterocycles. The molecule has 0 aromatic heterocycles. The number of ether oxygens (including phenoxy) is 2. The van der Waals surface area contributed by atoms with E-state index in [2.05, 4.69) is 24.5 Å². The second-order valence-corrected chi connectivity index (χ2v) is 5.69. The predicted molar refractivity (Wildman–Crippen MR) is 77.8 cm³/mol. The number of methoxy groups -OCH3 is 1. The Labute approximate surface area is 116 Å². The van der Waals surface area contributed by atoms with E-state index < -0.39 is 0 Å². The van der Waals surface area contributed by atoms with E-state index in [0.29, 0.717) is 12.1 Å². The van der Waals surface area contributed by atoms with Crippen LogP contribution in [0.15, 0.2) is 0 Å². The average Bonchev–Trinajstić information content (AvgIpc) is 2.33. The molecule has 18 heavy (non-hydrogen) atoms. The second kappa shape index (κ2) is 7.26. The maximum absolute atomic E-state index is 5.42. The van der Waals surface area contributed by atoms with Crippen LogP contribution in [0.3, 0.4) is 0 Å². The first kappa shape index (κ1) is 15.7. The van der Waals surface area contributed by atoms with E-state index in [1.165, 1.54) is 0 Å². The third kappa shape index (κ3) is 4.07. The molecular formula is C13H26N2O2S. The summed E-state index contributed by atoms with van der Waals surface area (Å²) in [7, 11) is 1.77. The third-order valence-corrected chi connectivity index (χ3v) is 3.98. The lowest BCUT2D eigenvalue weighted by Crippen LogP contribution is -2.63. The van der Waals surface area contributed by atoms with Gasteiger partial charge in [0.25, 0.3) is 0 Å². The second-order valence-electron chi connectivity index (χ2n) is 5.28. The van der Waals surface area contributed by atoms with Crippen molar-refractivity contribution in [1.82, 2.24) is 10.6 Å². The molecule has 0 aliphatic heterocycles. The molecule has 2 atom stereocenters. The number of hydrogen-bond donors (Lipinski definition) is 2. The van der Waals surface area contributed by atoms with Crippen molar-refractivity contribution in [3.05, 3.63) is 0 Å². The molecule has 0 bridgehead atoms. The van der Waals surface area contributed by atoms with Crippen LogP contribution in [0.25, 0.3) is 0 Å². The van der Waals surface area contributed by atoms with Crippen molar-refractivity contribution in [3.8, 4) is 0 Å². The fourth-order valence-corrected chi connectivity index (χ4v) is 2.50. The number of thiocarbonyl (C=S) groups is 1. The smallest absolute Gasteiger partial charge is 0.166 e. The first-order valence-corrected chi connectivity index (χ1v) is 7.08. The minimum Gasteiger partial charge on any atom is -0.382 e. The maximum atomic E-state index is 5.42. The quantitative estimate of drug-likeness (QED) is 0.546. The Hall–Kier alpha value is -0.390. The molecule has 0 amide bonds. The Morgan fingerprint density at radius 3 is 2.72 bits per heavy atom. The van der Waals surface area contributed by atoms with E-state index in [-0.39, 0.29) is 5.41 Å². The van der Waals surface area contributed by atoms with E-state index in [1.54, 1.807) is 7.11 Å². The Morgan fingerprint density at radius 1 is 1.44 bits per heavy atom. The Morgan fingerprint density at radius 2 is 2.17 bits per heavy atom. The van der Waals surface area contributed by atoms with Crippen LogP contribution in [0.1, 0.15) is 33.6 Å². The van der Waals surface area contributed by atoms with E-state index in [1.807, 2.05) is 6.92 Å². The topological polar surface area (TPSA) is 42.5 Å². The van der Waals surface area contributed by atoms with E-state index in [0.717, 1.165) is 37.7 Å². The summed E-state index contributed by atoms with van der Waals surface area (Å²) in [4.78, 5) is 0. The molecule has 5 heteroatoms. The largest absolute Gasteiger partial charge is 0.382 e. The summed E-state index contributed by atoms with van der Waals surface area (Å²) in [6, 6.07) is 0.398. The highest BCUT2D eigenvalue weighted by Gasteiger charge is 2.48. The normalized spacial score (nSPS) is 25.3. The van der Waals surface area contributed by atoms with E-state index in [4.69, 9.17) is 21.7 Å². The molecule has 2 unspecified atom stereocenters. The highest BCUT2D eigenvalue weighted by Crippen LogP contribution is 2.42. The number of nitrogens with one attached hydrogen (secondary N) is 2. The summed E-state index contributed by atoms with van der Waals surface area (Å²) in [5.41, 5.74) is 0.145. The van der Waals surface area contributed by atoms with Crippen molar-refractivity contribution in [2.24, 2.45) is 5.41 Å². The van der Waals surface area contributed by atoms with Gasteiger partial charge < -0.3 is 20.1 Å². The number of rotatable bonds is 7. The van der Waals surface area contributed by atoms with Gasteiger partial charge in [-0.05, 0) is 32.0 Å². The van der Waals surface area contributed by atoms with Gasteiger partial charge in [-0.3, -0.25) is 0 Å². The zero-order valence-corrected chi connectivity index (χ0v) is 12.7. The highest BCUT2D eigenvalue weighted by molar-refractivity contribution is 7.80. The first-order chi connectivity index (χ1) is 8.52. The molecule has 0 aromatic carbocycles. The fraction of sp³-hybridized carbons (Fsp3) is 0.923. The standard InChI is InChI=1S/C13H26N2O2S/c1-5-17-8-6-7-14-12(18)15-10-9-11(16-4)13(10,2)3/h10-11H,5-9H2,1-4H3,(H2,14,15,18). The van der Waals surface area contributed by atoms with Gasteiger partial charge in [0, 0.05) is 38.3 Å². The molecule has 1 aliphatic carbocycles. The predicted octanol–water partition coefficient (Wildman–Crippen LogP) is 1.69. The molecule has 0 spiro atoms. The molecule has 1 rings (SSSR count). The van der Waals surface area contributed by atoms with Gasteiger partial charge in [-0.15, -0.1) is 0 Å². The van der Waals surface area contributed by atoms with Crippen molar-refractivity contribution < 1.29 is 9.47 Å². The monoisotopic (exact) mass is 274 g/mol. The lowest BCUT2D eigenvalue weighted by molar-refractivity contribution is -0.0920. The zero-order chi connectivity index (χ0) is 13.6. The van der Waals surface area contributed by atoms with Gasteiger partial charge >= 0.3 is 0 Å². The Balaban J connectivity index is 2.14. The Bertz CT molecular complexity index is 272. The highest BCUT2D eigenvalue weighted by atomic mass is 32.1. The summed E-state index contributed by atoms with van der Waals surface area (Å²) >= 11 is 5.28. The molecule has 1 fully saturated rings. The Kier molecular flexibility index (Phi) is 6.32. The molecule has 106 valence electrons. The minimum absolute atomic E-state index is 0.145. The van der Waals surface area contributed by atoms with E-state index >= 15 is 0 Å². The van der Waals surface area contributed by atoms with Crippen molar-refractivity contribution >= 4 is 17.3 Å². The van der Waals surface area contributed by atoms with Crippen LogP contribution >= 0.6 is 12.2 Å². The van der Waals surface area contributed by atoms with Crippen molar-refractivity contribution in [2.75, 3.05) is 26.9 Å². The van der Waals surface area contributed by atoms with Gasteiger partial charge in [0.05, 0.1) is 6.10 Å². The number of hydrogen-bond acceptors (Lipinski definition) is 3.